The summed E-state index contributed by atoms with van der Waals surface area (Å²) in [5.41, 5.74) is 0. The minimum Gasteiger partial charge on any atom is -0.394 e. The second kappa shape index (κ2) is 21.6. The molecule has 0 spiro atoms. The van der Waals surface area contributed by atoms with E-state index >= 15 is 0 Å². The maximum absolute atomic E-state index is 12.0. The number of carbonyl (C=O) groups is 1. The zero-order chi connectivity index (χ0) is 22.5. The Balaban J connectivity index is 3.74. The van der Waals surface area contributed by atoms with Gasteiger partial charge in [0.05, 0.1) is 18.8 Å². The average molecular weight is 430 g/mol. The van der Waals surface area contributed by atoms with Crippen molar-refractivity contribution in [3.8, 4) is 0 Å². The largest absolute Gasteiger partial charge is 0.394 e. The van der Waals surface area contributed by atoms with Gasteiger partial charge in [-0.05, 0) is 12.8 Å². The average Bonchev–Trinajstić information content (AvgIpc) is 2.75. The van der Waals surface area contributed by atoms with Gasteiger partial charge in [-0.2, -0.15) is 0 Å². The van der Waals surface area contributed by atoms with Crippen molar-refractivity contribution < 1.29 is 20.1 Å². The van der Waals surface area contributed by atoms with Gasteiger partial charge in [0.1, 0.15) is 6.10 Å². The number of hydrogen-bond donors (Lipinski definition) is 4. The van der Waals surface area contributed by atoms with Crippen molar-refractivity contribution >= 4 is 5.91 Å². The summed E-state index contributed by atoms with van der Waals surface area (Å²) in [4.78, 5) is 12.0. The summed E-state index contributed by atoms with van der Waals surface area (Å²) in [6, 6.07) is -0.795. The zero-order valence-corrected chi connectivity index (χ0v) is 19.9. The molecule has 0 aliphatic heterocycles. The Morgan fingerprint density at radius 2 is 1.13 bits per heavy atom. The molecule has 0 aromatic rings. The molecule has 1 amide bonds. The number of nitrogens with one attached hydrogen (secondary N) is 1. The molecule has 0 aromatic carbocycles. The lowest BCUT2D eigenvalue weighted by atomic mass is 9.99. The number of rotatable bonds is 22. The van der Waals surface area contributed by atoms with Crippen LogP contribution < -0.4 is 5.32 Å². The predicted octanol–water partition coefficient (Wildman–Crippen LogP) is 5.25. The molecule has 3 unspecified atom stereocenters. The molecule has 3 atom stereocenters. The first-order valence-electron chi connectivity index (χ1n) is 12.8. The van der Waals surface area contributed by atoms with Crippen LogP contribution in [-0.4, -0.2) is 46.1 Å². The van der Waals surface area contributed by atoms with Gasteiger partial charge < -0.3 is 20.6 Å². The first kappa shape index (κ1) is 29.4. The molecule has 30 heavy (non-hydrogen) atoms. The third kappa shape index (κ3) is 17.1. The minimum atomic E-state index is -1.12. The van der Waals surface area contributed by atoms with Crippen LogP contribution in [0.3, 0.4) is 0 Å². The number of amides is 1. The van der Waals surface area contributed by atoms with Crippen LogP contribution >= 0.6 is 0 Å². The lowest BCUT2D eigenvalue weighted by Crippen LogP contribution is -2.50. The number of hydrogen-bond acceptors (Lipinski definition) is 4. The molecule has 4 N–H and O–H groups in total. The molecule has 0 saturated heterocycles. The molecule has 0 aliphatic carbocycles. The van der Waals surface area contributed by atoms with Crippen molar-refractivity contribution in [2.45, 2.75) is 148 Å². The van der Waals surface area contributed by atoms with E-state index in [0.29, 0.717) is 12.8 Å². The molecule has 180 valence electrons. The molecule has 5 nitrogen and oxygen atoms in total. The molecular weight excluding hydrogens is 378 g/mol. The Bertz CT molecular complexity index is 378. The Hall–Kier alpha value is -0.650. The molecule has 0 bridgehead atoms. The molecular formula is C25H51NO4. The summed E-state index contributed by atoms with van der Waals surface area (Å²) in [5.74, 6) is -0.165. The van der Waals surface area contributed by atoms with Gasteiger partial charge in [-0.15, -0.1) is 0 Å². The highest BCUT2D eigenvalue weighted by Gasteiger charge is 2.26. The van der Waals surface area contributed by atoms with E-state index in [0.717, 1.165) is 44.9 Å². The van der Waals surface area contributed by atoms with Crippen LogP contribution in [0.4, 0.5) is 0 Å². The van der Waals surface area contributed by atoms with Crippen LogP contribution in [0.25, 0.3) is 0 Å². The number of aliphatic hydroxyl groups is 3. The summed E-state index contributed by atoms with van der Waals surface area (Å²) in [6.07, 6.45) is 18.0. The Morgan fingerprint density at radius 1 is 0.700 bits per heavy atom. The van der Waals surface area contributed by atoms with Crippen LogP contribution in [-0.2, 0) is 4.79 Å². The lowest BCUT2D eigenvalue weighted by molar-refractivity contribution is -0.124. The highest BCUT2D eigenvalue weighted by atomic mass is 16.3. The fourth-order valence-corrected chi connectivity index (χ4v) is 3.86. The van der Waals surface area contributed by atoms with Crippen LogP contribution in [0.15, 0.2) is 0 Å². The fourth-order valence-electron chi connectivity index (χ4n) is 3.86. The number of carbonyl (C=O) groups excluding carboxylic acids is 1. The first-order chi connectivity index (χ1) is 14.6. The molecule has 0 aromatic heterocycles. The summed E-state index contributed by atoms with van der Waals surface area (Å²) in [6.45, 7) is 4.01. The van der Waals surface area contributed by atoms with E-state index in [1.165, 1.54) is 57.8 Å². The molecule has 5 heteroatoms. The van der Waals surface area contributed by atoms with Crippen LogP contribution in [0, 0.1) is 0 Å². The highest BCUT2D eigenvalue weighted by molar-refractivity contribution is 5.76. The monoisotopic (exact) mass is 429 g/mol. The molecule has 0 saturated carbocycles. The third-order valence-corrected chi connectivity index (χ3v) is 5.96. The van der Waals surface area contributed by atoms with Crippen LogP contribution in [0.1, 0.15) is 129 Å². The van der Waals surface area contributed by atoms with Gasteiger partial charge in [-0.25, -0.2) is 0 Å². The Kier molecular flexibility index (Phi) is 21.1. The highest BCUT2D eigenvalue weighted by Crippen LogP contribution is 2.14. The molecule has 0 fully saturated rings. The third-order valence-electron chi connectivity index (χ3n) is 5.96. The fraction of sp³-hybridized carbons (Fsp3) is 0.960. The van der Waals surface area contributed by atoms with Gasteiger partial charge in [0.25, 0.3) is 0 Å². The topological polar surface area (TPSA) is 89.8 Å². The summed E-state index contributed by atoms with van der Waals surface area (Å²) < 4.78 is 0. The van der Waals surface area contributed by atoms with E-state index in [9.17, 15) is 20.1 Å². The number of aliphatic hydroxyl groups excluding tert-OH is 3. The summed E-state index contributed by atoms with van der Waals surface area (Å²) >= 11 is 0. The maximum atomic E-state index is 12.0. The van der Waals surface area contributed by atoms with Gasteiger partial charge >= 0.3 is 0 Å². The normalized spacial score (nSPS) is 14.4. The molecule has 0 rings (SSSR count). The van der Waals surface area contributed by atoms with Gasteiger partial charge in [-0.3, -0.25) is 4.79 Å². The van der Waals surface area contributed by atoms with Gasteiger partial charge in [0, 0.05) is 6.42 Å². The maximum Gasteiger partial charge on any atom is 0.220 e. The molecule has 0 heterocycles. The summed E-state index contributed by atoms with van der Waals surface area (Å²) in [5, 5.41) is 32.7. The smallest absolute Gasteiger partial charge is 0.220 e. The van der Waals surface area contributed by atoms with E-state index in [-0.39, 0.29) is 12.5 Å². The molecule has 0 radical (unpaired) electrons. The molecule has 0 aliphatic rings. The van der Waals surface area contributed by atoms with Crippen LogP contribution in [0.2, 0.25) is 0 Å². The quantitative estimate of drug-likeness (QED) is 0.177. The Morgan fingerprint density at radius 3 is 1.60 bits per heavy atom. The van der Waals surface area contributed by atoms with Gasteiger partial charge in [-0.1, -0.05) is 110 Å². The standard InChI is InChI=1S/C25H51NO4/c1-3-5-7-9-10-11-12-13-14-15-16-17-19-23(28)25(30)22(21-27)26-24(29)20-18-8-6-4-2/h22-23,25,27-28,30H,3-21H2,1-2H3,(H,26,29). The second-order valence-electron chi connectivity index (χ2n) is 8.90. The van der Waals surface area contributed by atoms with Crippen molar-refractivity contribution in [1.29, 1.82) is 0 Å². The van der Waals surface area contributed by atoms with E-state index in [4.69, 9.17) is 0 Å². The SMILES string of the molecule is CCCCCCCCCCCCCCC(O)C(O)C(CO)NC(=O)CCCCCC. The van der Waals surface area contributed by atoms with Crippen molar-refractivity contribution in [2.75, 3.05) is 6.61 Å². The second-order valence-corrected chi connectivity index (χ2v) is 8.90. The predicted molar refractivity (Wildman–Crippen MR) is 125 cm³/mol. The lowest BCUT2D eigenvalue weighted by Gasteiger charge is -2.26. The van der Waals surface area contributed by atoms with Gasteiger partial charge in [0.2, 0.25) is 5.91 Å². The van der Waals surface area contributed by atoms with E-state index < -0.39 is 18.2 Å². The van der Waals surface area contributed by atoms with Crippen LogP contribution in [0.5, 0.6) is 0 Å². The first-order valence-corrected chi connectivity index (χ1v) is 12.8. The van der Waals surface area contributed by atoms with Crippen molar-refractivity contribution in [1.82, 2.24) is 5.32 Å². The number of unbranched alkanes of at least 4 members (excludes halogenated alkanes) is 14. The van der Waals surface area contributed by atoms with E-state index in [1.54, 1.807) is 0 Å². The van der Waals surface area contributed by atoms with Crippen molar-refractivity contribution in [3.63, 3.8) is 0 Å². The van der Waals surface area contributed by atoms with E-state index in [2.05, 4.69) is 19.2 Å². The summed E-state index contributed by atoms with van der Waals surface area (Å²) in [7, 11) is 0. The minimum absolute atomic E-state index is 0.165. The van der Waals surface area contributed by atoms with E-state index in [1.807, 2.05) is 0 Å². The van der Waals surface area contributed by atoms with Crippen molar-refractivity contribution in [2.24, 2.45) is 0 Å². The zero-order valence-electron chi connectivity index (χ0n) is 19.9. The Labute approximate surface area is 186 Å². The van der Waals surface area contributed by atoms with Crippen molar-refractivity contribution in [3.05, 3.63) is 0 Å². The van der Waals surface area contributed by atoms with Gasteiger partial charge in [0.15, 0.2) is 0 Å².